The van der Waals surface area contributed by atoms with Crippen LogP contribution in [0.15, 0.2) is 29.6 Å². The zero-order valence-electron chi connectivity index (χ0n) is 12.2. The average molecular weight is 352 g/mol. The molecule has 0 aliphatic heterocycles. The van der Waals surface area contributed by atoms with Crippen LogP contribution in [0.3, 0.4) is 0 Å². The van der Waals surface area contributed by atoms with Gasteiger partial charge in [-0.05, 0) is 35.2 Å². The molecule has 0 amide bonds. The summed E-state index contributed by atoms with van der Waals surface area (Å²) in [6.07, 6.45) is 0. The number of rotatable bonds is 4. The first-order valence-corrected chi connectivity index (χ1v) is 8.62. The predicted octanol–water partition coefficient (Wildman–Crippen LogP) is 5.73. The highest BCUT2D eigenvalue weighted by molar-refractivity contribution is 7.17. The summed E-state index contributed by atoms with van der Waals surface area (Å²) in [6.45, 7) is 5.14. The fourth-order valence-electron chi connectivity index (χ4n) is 2.19. The molecule has 22 heavy (non-hydrogen) atoms. The van der Waals surface area contributed by atoms with E-state index in [-0.39, 0.29) is 5.28 Å². The van der Waals surface area contributed by atoms with E-state index in [0.717, 1.165) is 38.7 Å². The standard InChI is InChI=1S/C16H15Cl2N3S/c1-9(2)7-19-14-13-12(10-3-5-11(17)6-4-10)8-22-15(13)21-16(18)20-14/h3-6,8-9H,7H2,1-2H3,(H,19,20,21). The SMILES string of the molecule is CC(C)CNc1nc(Cl)nc2scc(-c3ccc(Cl)cc3)c12. The Kier molecular flexibility index (Phi) is 4.52. The van der Waals surface area contributed by atoms with Gasteiger partial charge in [0, 0.05) is 22.5 Å². The van der Waals surface area contributed by atoms with E-state index in [4.69, 9.17) is 23.2 Å². The lowest BCUT2D eigenvalue weighted by Gasteiger charge is -2.11. The van der Waals surface area contributed by atoms with Crippen molar-refractivity contribution in [3.05, 3.63) is 40.0 Å². The Morgan fingerprint density at radius 3 is 2.55 bits per heavy atom. The van der Waals surface area contributed by atoms with Crippen molar-refractivity contribution in [3.63, 3.8) is 0 Å². The van der Waals surface area contributed by atoms with E-state index in [0.29, 0.717) is 5.92 Å². The summed E-state index contributed by atoms with van der Waals surface area (Å²) in [5, 5.41) is 7.46. The van der Waals surface area contributed by atoms with Gasteiger partial charge in [-0.2, -0.15) is 0 Å². The van der Waals surface area contributed by atoms with Crippen LogP contribution in [-0.2, 0) is 0 Å². The lowest BCUT2D eigenvalue weighted by atomic mass is 10.1. The van der Waals surface area contributed by atoms with Gasteiger partial charge in [-0.3, -0.25) is 0 Å². The molecule has 114 valence electrons. The maximum Gasteiger partial charge on any atom is 0.225 e. The van der Waals surface area contributed by atoms with Crippen LogP contribution in [0.1, 0.15) is 13.8 Å². The van der Waals surface area contributed by atoms with Crippen molar-refractivity contribution >= 4 is 50.6 Å². The van der Waals surface area contributed by atoms with Gasteiger partial charge in [0.15, 0.2) is 0 Å². The molecule has 0 atom stereocenters. The number of hydrogen-bond acceptors (Lipinski definition) is 4. The number of halogens is 2. The average Bonchev–Trinajstić information content (AvgIpc) is 2.89. The van der Waals surface area contributed by atoms with Crippen molar-refractivity contribution < 1.29 is 0 Å². The lowest BCUT2D eigenvalue weighted by Crippen LogP contribution is -2.09. The number of anilines is 1. The van der Waals surface area contributed by atoms with Gasteiger partial charge in [0.25, 0.3) is 0 Å². The molecule has 3 nitrogen and oxygen atoms in total. The van der Waals surface area contributed by atoms with E-state index in [1.165, 1.54) is 0 Å². The van der Waals surface area contributed by atoms with Gasteiger partial charge in [0.1, 0.15) is 10.6 Å². The number of nitrogens with one attached hydrogen (secondary N) is 1. The Bertz CT molecular complexity index is 797. The zero-order valence-corrected chi connectivity index (χ0v) is 14.6. The van der Waals surface area contributed by atoms with E-state index >= 15 is 0 Å². The van der Waals surface area contributed by atoms with Crippen LogP contribution >= 0.6 is 34.5 Å². The number of benzene rings is 1. The highest BCUT2D eigenvalue weighted by Crippen LogP contribution is 2.37. The van der Waals surface area contributed by atoms with E-state index < -0.39 is 0 Å². The van der Waals surface area contributed by atoms with Crippen molar-refractivity contribution in [1.29, 1.82) is 0 Å². The molecule has 2 aromatic heterocycles. The summed E-state index contributed by atoms with van der Waals surface area (Å²) in [6, 6.07) is 7.78. The molecule has 0 aliphatic rings. The van der Waals surface area contributed by atoms with Gasteiger partial charge in [-0.15, -0.1) is 11.3 Å². The quantitative estimate of drug-likeness (QED) is 0.609. The van der Waals surface area contributed by atoms with Crippen LogP contribution < -0.4 is 5.32 Å². The van der Waals surface area contributed by atoms with Gasteiger partial charge < -0.3 is 5.32 Å². The predicted molar refractivity (Wildman–Crippen MR) is 96.2 cm³/mol. The van der Waals surface area contributed by atoms with E-state index in [1.807, 2.05) is 24.3 Å². The molecule has 1 aromatic carbocycles. The van der Waals surface area contributed by atoms with Gasteiger partial charge in [-0.25, -0.2) is 9.97 Å². The lowest BCUT2D eigenvalue weighted by molar-refractivity contribution is 0.687. The second-order valence-corrected chi connectivity index (χ2v) is 7.09. The summed E-state index contributed by atoms with van der Waals surface area (Å²) in [7, 11) is 0. The van der Waals surface area contributed by atoms with Gasteiger partial charge in [-0.1, -0.05) is 37.6 Å². The molecule has 0 unspecified atom stereocenters. The summed E-state index contributed by atoms with van der Waals surface area (Å²) in [4.78, 5) is 9.59. The first-order valence-electron chi connectivity index (χ1n) is 6.99. The molecule has 0 bridgehead atoms. The molecule has 3 aromatic rings. The molecule has 1 N–H and O–H groups in total. The Morgan fingerprint density at radius 1 is 1.14 bits per heavy atom. The minimum absolute atomic E-state index is 0.267. The molecule has 0 radical (unpaired) electrons. The second kappa shape index (κ2) is 6.41. The van der Waals surface area contributed by atoms with E-state index in [9.17, 15) is 0 Å². The van der Waals surface area contributed by atoms with Crippen molar-refractivity contribution in [2.75, 3.05) is 11.9 Å². The number of nitrogens with zero attached hydrogens (tertiary/aromatic N) is 2. The molecular formula is C16H15Cl2N3S. The highest BCUT2D eigenvalue weighted by atomic mass is 35.5. The van der Waals surface area contributed by atoms with Crippen LogP contribution in [0.2, 0.25) is 10.3 Å². The summed E-state index contributed by atoms with van der Waals surface area (Å²) in [5.41, 5.74) is 2.19. The molecular weight excluding hydrogens is 337 g/mol. The Labute approximate surface area is 143 Å². The van der Waals surface area contributed by atoms with Crippen LogP contribution in [0.25, 0.3) is 21.3 Å². The van der Waals surface area contributed by atoms with Crippen molar-refractivity contribution in [3.8, 4) is 11.1 Å². The monoisotopic (exact) mass is 351 g/mol. The number of aromatic nitrogens is 2. The number of hydrogen-bond donors (Lipinski definition) is 1. The third kappa shape index (κ3) is 3.19. The topological polar surface area (TPSA) is 37.8 Å². The molecule has 0 saturated carbocycles. The Hall–Kier alpha value is -1.36. The van der Waals surface area contributed by atoms with Crippen LogP contribution in [-0.4, -0.2) is 16.5 Å². The van der Waals surface area contributed by atoms with Gasteiger partial charge >= 0.3 is 0 Å². The largest absolute Gasteiger partial charge is 0.369 e. The van der Waals surface area contributed by atoms with Crippen LogP contribution in [0, 0.1) is 5.92 Å². The minimum atomic E-state index is 0.267. The molecule has 0 saturated heterocycles. The van der Waals surface area contributed by atoms with Crippen molar-refractivity contribution in [2.45, 2.75) is 13.8 Å². The summed E-state index contributed by atoms with van der Waals surface area (Å²) in [5.74, 6) is 1.30. The molecule has 0 spiro atoms. The summed E-state index contributed by atoms with van der Waals surface area (Å²) >= 11 is 13.6. The van der Waals surface area contributed by atoms with Crippen molar-refractivity contribution in [1.82, 2.24) is 9.97 Å². The second-order valence-electron chi connectivity index (χ2n) is 5.45. The minimum Gasteiger partial charge on any atom is -0.369 e. The fourth-order valence-corrected chi connectivity index (χ4v) is 3.48. The molecule has 0 aliphatic carbocycles. The van der Waals surface area contributed by atoms with Crippen LogP contribution in [0.4, 0.5) is 5.82 Å². The fraction of sp³-hybridized carbons (Fsp3) is 0.250. The highest BCUT2D eigenvalue weighted by Gasteiger charge is 2.15. The Balaban J connectivity index is 2.13. The van der Waals surface area contributed by atoms with E-state index in [1.54, 1.807) is 11.3 Å². The molecule has 0 fully saturated rings. The third-order valence-corrected chi connectivity index (χ3v) is 4.53. The molecule has 6 heteroatoms. The first-order chi connectivity index (χ1) is 10.5. The maximum absolute atomic E-state index is 6.04. The molecule has 2 heterocycles. The number of thiophene rings is 1. The smallest absolute Gasteiger partial charge is 0.225 e. The van der Waals surface area contributed by atoms with Crippen LogP contribution in [0.5, 0.6) is 0 Å². The number of fused-ring (bicyclic) bond motifs is 1. The maximum atomic E-state index is 6.04. The van der Waals surface area contributed by atoms with Crippen molar-refractivity contribution in [2.24, 2.45) is 5.92 Å². The Morgan fingerprint density at radius 2 is 1.86 bits per heavy atom. The third-order valence-electron chi connectivity index (χ3n) is 3.24. The first kappa shape index (κ1) is 15.5. The normalized spacial score (nSPS) is 11.3. The molecule has 3 rings (SSSR count). The summed E-state index contributed by atoms with van der Waals surface area (Å²) < 4.78 is 0. The van der Waals surface area contributed by atoms with E-state index in [2.05, 4.69) is 34.5 Å². The van der Waals surface area contributed by atoms with Gasteiger partial charge in [0.2, 0.25) is 5.28 Å². The van der Waals surface area contributed by atoms with Gasteiger partial charge in [0.05, 0.1) is 5.39 Å². The zero-order chi connectivity index (χ0) is 15.7.